The van der Waals surface area contributed by atoms with Crippen LogP contribution < -0.4 is 5.32 Å². The van der Waals surface area contributed by atoms with Crippen molar-refractivity contribution in [3.63, 3.8) is 0 Å². The number of nitrogens with zero attached hydrogens (tertiary/aromatic N) is 2. The van der Waals surface area contributed by atoms with Crippen LogP contribution in [0.1, 0.15) is 26.7 Å². The van der Waals surface area contributed by atoms with Crippen LogP contribution in [-0.4, -0.2) is 75.4 Å². The second-order valence-electron chi connectivity index (χ2n) is 5.80. The van der Waals surface area contributed by atoms with Crippen molar-refractivity contribution in [2.45, 2.75) is 38.8 Å². The number of nitrogens with one attached hydrogen (secondary N) is 1. The molecule has 4 nitrogen and oxygen atoms in total. The highest BCUT2D eigenvalue weighted by atomic mass is 16.5. The Balaban J connectivity index is 2.01. The van der Waals surface area contributed by atoms with Gasteiger partial charge in [0, 0.05) is 25.7 Å². The van der Waals surface area contributed by atoms with E-state index in [9.17, 15) is 0 Å². The van der Waals surface area contributed by atoms with Gasteiger partial charge in [0.25, 0.3) is 0 Å². The third-order valence-electron chi connectivity index (χ3n) is 3.48. The Labute approximate surface area is 113 Å². The Morgan fingerprint density at radius 2 is 2.11 bits per heavy atom. The fourth-order valence-corrected chi connectivity index (χ4v) is 2.28. The van der Waals surface area contributed by atoms with Crippen molar-refractivity contribution in [1.82, 2.24) is 15.1 Å². The number of hydrogen-bond acceptors (Lipinski definition) is 4. The van der Waals surface area contributed by atoms with Gasteiger partial charge in [-0.1, -0.05) is 0 Å². The molecule has 4 heteroatoms. The summed E-state index contributed by atoms with van der Waals surface area (Å²) in [5, 5.41) is 3.52. The fraction of sp³-hybridized carbons (Fsp3) is 1.00. The largest absolute Gasteiger partial charge is 0.374 e. The molecule has 0 aromatic carbocycles. The molecule has 1 aliphatic heterocycles. The third kappa shape index (κ3) is 6.69. The van der Waals surface area contributed by atoms with Crippen molar-refractivity contribution >= 4 is 0 Å². The minimum absolute atomic E-state index is 0.370. The topological polar surface area (TPSA) is 27.7 Å². The molecule has 1 rings (SSSR count). The van der Waals surface area contributed by atoms with Crippen LogP contribution in [0.25, 0.3) is 0 Å². The van der Waals surface area contributed by atoms with E-state index in [1.807, 2.05) is 0 Å². The number of rotatable bonds is 8. The highest BCUT2D eigenvalue weighted by Gasteiger charge is 2.21. The Hall–Kier alpha value is -0.160. The average molecular weight is 257 g/mol. The predicted octanol–water partition coefficient (Wildman–Crippen LogP) is 1.03. The predicted molar refractivity (Wildman–Crippen MR) is 77.1 cm³/mol. The van der Waals surface area contributed by atoms with E-state index < -0.39 is 0 Å². The van der Waals surface area contributed by atoms with Gasteiger partial charge in [-0.05, 0) is 53.9 Å². The Morgan fingerprint density at radius 3 is 2.78 bits per heavy atom. The highest BCUT2D eigenvalue weighted by Crippen LogP contribution is 2.07. The summed E-state index contributed by atoms with van der Waals surface area (Å²) in [4.78, 5) is 4.74. The molecule has 18 heavy (non-hydrogen) atoms. The summed E-state index contributed by atoms with van der Waals surface area (Å²) >= 11 is 0. The van der Waals surface area contributed by atoms with E-state index in [0.29, 0.717) is 12.1 Å². The summed E-state index contributed by atoms with van der Waals surface area (Å²) in [7, 11) is 4.26. The van der Waals surface area contributed by atoms with Crippen LogP contribution in [-0.2, 0) is 4.74 Å². The summed E-state index contributed by atoms with van der Waals surface area (Å²) in [6.07, 6.45) is 2.89. The van der Waals surface area contributed by atoms with E-state index >= 15 is 0 Å². The van der Waals surface area contributed by atoms with Crippen LogP contribution in [0.2, 0.25) is 0 Å². The van der Waals surface area contributed by atoms with Gasteiger partial charge in [0.2, 0.25) is 0 Å². The van der Waals surface area contributed by atoms with Gasteiger partial charge in [0.15, 0.2) is 0 Å². The zero-order valence-corrected chi connectivity index (χ0v) is 12.6. The molecule has 1 N–H and O–H groups in total. The normalized spacial score (nSPS) is 22.0. The first-order valence-electron chi connectivity index (χ1n) is 7.30. The second-order valence-corrected chi connectivity index (χ2v) is 5.80. The smallest absolute Gasteiger partial charge is 0.0826 e. The molecule has 0 radical (unpaired) electrons. The second kappa shape index (κ2) is 8.86. The number of morpholine rings is 1. The van der Waals surface area contributed by atoms with Gasteiger partial charge in [-0.15, -0.1) is 0 Å². The molecule has 0 spiro atoms. The van der Waals surface area contributed by atoms with E-state index in [1.165, 1.54) is 19.4 Å². The lowest BCUT2D eigenvalue weighted by Gasteiger charge is -2.35. The van der Waals surface area contributed by atoms with Gasteiger partial charge >= 0.3 is 0 Å². The molecule has 1 unspecified atom stereocenters. The molecule has 0 amide bonds. The lowest BCUT2D eigenvalue weighted by Crippen LogP contribution is -2.49. The van der Waals surface area contributed by atoms with Crippen LogP contribution in [0.5, 0.6) is 0 Å². The van der Waals surface area contributed by atoms with E-state index in [0.717, 1.165) is 32.8 Å². The van der Waals surface area contributed by atoms with Crippen molar-refractivity contribution in [2.24, 2.45) is 0 Å². The van der Waals surface area contributed by atoms with E-state index in [1.54, 1.807) is 0 Å². The lowest BCUT2D eigenvalue weighted by molar-refractivity contribution is -0.0370. The van der Waals surface area contributed by atoms with Gasteiger partial charge < -0.3 is 15.0 Å². The number of unbranched alkanes of at least 4 members (excludes halogenated alkanes) is 1. The zero-order chi connectivity index (χ0) is 13.4. The first-order valence-corrected chi connectivity index (χ1v) is 7.30. The highest BCUT2D eigenvalue weighted by molar-refractivity contribution is 4.75. The molecule has 0 aromatic heterocycles. The van der Waals surface area contributed by atoms with Crippen molar-refractivity contribution < 1.29 is 4.74 Å². The van der Waals surface area contributed by atoms with Crippen molar-refractivity contribution in [3.05, 3.63) is 0 Å². The van der Waals surface area contributed by atoms with Gasteiger partial charge in [0.1, 0.15) is 0 Å². The zero-order valence-electron chi connectivity index (χ0n) is 12.6. The Morgan fingerprint density at radius 1 is 1.33 bits per heavy atom. The summed E-state index contributed by atoms with van der Waals surface area (Å²) in [6, 6.07) is 0.636. The van der Waals surface area contributed by atoms with Crippen LogP contribution >= 0.6 is 0 Å². The number of ether oxygens (including phenoxy) is 1. The van der Waals surface area contributed by atoms with Crippen molar-refractivity contribution in [3.8, 4) is 0 Å². The maximum absolute atomic E-state index is 5.79. The van der Waals surface area contributed by atoms with Gasteiger partial charge in [0.05, 0.1) is 12.7 Å². The maximum Gasteiger partial charge on any atom is 0.0826 e. The van der Waals surface area contributed by atoms with Crippen LogP contribution in [0.4, 0.5) is 0 Å². The minimum Gasteiger partial charge on any atom is -0.374 e. The Bertz CT molecular complexity index is 209. The molecule has 1 atom stereocenters. The molecule has 1 fully saturated rings. The summed E-state index contributed by atoms with van der Waals surface area (Å²) < 4.78 is 5.79. The van der Waals surface area contributed by atoms with Crippen LogP contribution in [0.15, 0.2) is 0 Å². The quantitative estimate of drug-likeness (QED) is 0.657. The van der Waals surface area contributed by atoms with Crippen LogP contribution in [0, 0.1) is 0 Å². The van der Waals surface area contributed by atoms with E-state index in [4.69, 9.17) is 4.74 Å². The first kappa shape index (κ1) is 15.9. The monoisotopic (exact) mass is 257 g/mol. The van der Waals surface area contributed by atoms with Crippen LogP contribution in [0.3, 0.4) is 0 Å². The molecule has 108 valence electrons. The lowest BCUT2D eigenvalue weighted by atomic mass is 10.2. The van der Waals surface area contributed by atoms with Gasteiger partial charge in [-0.25, -0.2) is 0 Å². The average Bonchev–Trinajstić information content (AvgIpc) is 2.33. The van der Waals surface area contributed by atoms with Gasteiger partial charge in [-0.3, -0.25) is 4.90 Å². The van der Waals surface area contributed by atoms with Gasteiger partial charge in [-0.2, -0.15) is 0 Å². The molecular weight excluding hydrogens is 226 g/mol. The maximum atomic E-state index is 5.79. The number of hydrogen-bond donors (Lipinski definition) is 1. The summed E-state index contributed by atoms with van der Waals surface area (Å²) in [5.74, 6) is 0. The summed E-state index contributed by atoms with van der Waals surface area (Å²) in [5.41, 5.74) is 0. The Kier molecular flexibility index (Phi) is 7.82. The molecule has 0 aromatic rings. The molecular formula is C14H31N3O. The third-order valence-corrected chi connectivity index (χ3v) is 3.48. The molecule has 1 aliphatic rings. The molecule has 0 aliphatic carbocycles. The molecule has 0 saturated carbocycles. The first-order chi connectivity index (χ1) is 8.59. The standard InChI is InChI=1S/C14H31N3O/c1-13(2)17-9-10-18-14(12-17)11-15-7-5-6-8-16(3)4/h13-15H,5-12H2,1-4H3. The molecule has 1 saturated heterocycles. The van der Waals surface area contributed by atoms with E-state index in [-0.39, 0.29) is 0 Å². The molecule has 0 bridgehead atoms. The minimum atomic E-state index is 0.370. The SMILES string of the molecule is CC(C)N1CCOC(CNCCCCN(C)C)C1. The van der Waals surface area contributed by atoms with Crippen molar-refractivity contribution in [2.75, 3.05) is 53.4 Å². The van der Waals surface area contributed by atoms with Crippen molar-refractivity contribution in [1.29, 1.82) is 0 Å². The summed E-state index contributed by atoms with van der Waals surface area (Å²) in [6.45, 7) is 10.8. The van der Waals surface area contributed by atoms with E-state index in [2.05, 4.69) is 43.1 Å². The fourth-order valence-electron chi connectivity index (χ4n) is 2.28. The molecule has 1 heterocycles.